The van der Waals surface area contributed by atoms with Gasteiger partial charge in [-0.1, -0.05) is 31.4 Å². The van der Waals surface area contributed by atoms with Crippen molar-refractivity contribution in [1.29, 1.82) is 0 Å². The summed E-state index contributed by atoms with van der Waals surface area (Å²) in [5, 5.41) is 4.40. The molecule has 6 rings (SSSR count). The first-order chi connectivity index (χ1) is 17.7. The molecule has 2 aromatic carbocycles. The van der Waals surface area contributed by atoms with Gasteiger partial charge in [-0.05, 0) is 62.1 Å². The van der Waals surface area contributed by atoms with Crippen molar-refractivity contribution in [2.45, 2.75) is 51.0 Å². The predicted octanol–water partition coefficient (Wildman–Crippen LogP) is 6.76. The molecule has 0 aromatic heterocycles. The Labute approximate surface area is 208 Å². The van der Waals surface area contributed by atoms with Gasteiger partial charge in [0.25, 0.3) is 0 Å². The number of halogens is 2. The van der Waals surface area contributed by atoms with Crippen molar-refractivity contribution in [3.05, 3.63) is 83.5 Å². The lowest BCUT2D eigenvalue weighted by Gasteiger charge is -2.22. The Balaban J connectivity index is 1.62. The van der Waals surface area contributed by atoms with Gasteiger partial charge in [0.15, 0.2) is 11.6 Å². The minimum Gasteiger partial charge on any atom is -0.356 e. The minimum absolute atomic E-state index is 0.264. The highest BCUT2D eigenvalue weighted by Gasteiger charge is 2.19. The van der Waals surface area contributed by atoms with Crippen molar-refractivity contribution < 1.29 is 8.78 Å². The van der Waals surface area contributed by atoms with E-state index in [4.69, 9.17) is 9.98 Å². The number of aliphatic imine (C=N–C) groups is 1. The van der Waals surface area contributed by atoms with E-state index in [0.29, 0.717) is 5.69 Å². The van der Waals surface area contributed by atoms with Crippen LogP contribution < -0.4 is 10.7 Å². The molecule has 182 valence electrons. The van der Waals surface area contributed by atoms with E-state index in [1.54, 1.807) is 6.07 Å². The van der Waals surface area contributed by atoms with Crippen molar-refractivity contribution in [3.8, 4) is 17.1 Å². The van der Waals surface area contributed by atoms with Crippen LogP contribution in [0.1, 0.15) is 44.9 Å². The molecule has 0 unspecified atom stereocenters. The lowest BCUT2D eigenvalue weighted by Crippen LogP contribution is -2.20. The van der Waals surface area contributed by atoms with E-state index in [-0.39, 0.29) is 6.04 Å². The van der Waals surface area contributed by atoms with E-state index in [2.05, 4.69) is 10.3 Å². The lowest BCUT2D eigenvalue weighted by molar-refractivity contribution is 0.437. The number of benzene rings is 3. The Morgan fingerprint density at radius 3 is 2.61 bits per heavy atom. The maximum atomic E-state index is 14.3. The maximum absolute atomic E-state index is 14.3. The molecule has 1 saturated carbocycles. The molecule has 7 heteroatoms. The van der Waals surface area contributed by atoms with Gasteiger partial charge < -0.3 is 9.88 Å². The Morgan fingerprint density at radius 1 is 0.944 bits per heavy atom. The maximum Gasteiger partial charge on any atom is 0.160 e. The van der Waals surface area contributed by atoms with Gasteiger partial charge in [0.2, 0.25) is 0 Å². The Morgan fingerprint density at radius 2 is 1.81 bits per heavy atom. The second kappa shape index (κ2) is 9.64. The first kappa shape index (κ1) is 22.6. The number of nitrogens with zero attached hydrogens (tertiary/aromatic N) is 4. The van der Waals surface area contributed by atoms with Crippen molar-refractivity contribution in [2.75, 3.05) is 5.32 Å². The number of rotatable bonds is 4. The van der Waals surface area contributed by atoms with Gasteiger partial charge in [-0.15, -0.1) is 0 Å². The summed E-state index contributed by atoms with van der Waals surface area (Å²) in [5.41, 5.74) is 5.55. The van der Waals surface area contributed by atoms with Gasteiger partial charge in [0.1, 0.15) is 0 Å². The molecule has 0 saturated heterocycles. The predicted molar refractivity (Wildman–Crippen MR) is 139 cm³/mol. The largest absolute Gasteiger partial charge is 0.356 e. The fourth-order valence-electron chi connectivity index (χ4n) is 5.13. The normalized spacial score (nSPS) is 17.1. The Bertz CT molecular complexity index is 1530. The average molecular weight is 484 g/mol. The smallest absolute Gasteiger partial charge is 0.160 e. The molecular weight excluding hydrogens is 456 g/mol. The van der Waals surface area contributed by atoms with Crippen LogP contribution in [0.5, 0.6) is 0 Å². The van der Waals surface area contributed by atoms with Gasteiger partial charge in [0, 0.05) is 29.9 Å². The van der Waals surface area contributed by atoms with E-state index >= 15 is 0 Å². The second-order valence-electron chi connectivity index (χ2n) is 9.46. The van der Waals surface area contributed by atoms with Crippen LogP contribution in [0, 0.1) is 11.6 Å². The number of aromatic nitrogens is 2. The van der Waals surface area contributed by atoms with Crippen LogP contribution in [-0.2, 0) is 0 Å². The lowest BCUT2D eigenvalue weighted by atomic mass is 9.96. The standard InChI is InChI=1S/C29H27F2N5/c30-22-13-12-21(15-23(22)31)36-28-11-5-4-10-24(28)35-27-16-25(34-20-9-6-14-32-18-20)26(17-29(27)36)33-19-7-2-1-3-8-19/h4-5,10-19,34H,1-3,6-9H2/b33-26+. The van der Waals surface area contributed by atoms with Crippen LogP contribution in [0.15, 0.2) is 76.5 Å². The van der Waals surface area contributed by atoms with Gasteiger partial charge in [0.05, 0.1) is 39.5 Å². The van der Waals surface area contributed by atoms with Crippen LogP contribution in [0.4, 0.5) is 14.5 Å². The molecule has 0 spiro atoms. The molecule has 4 aliphatic rings. The molecule has 5 nitrogen and oxygen atoms in total. The molecule has 0 bridgehead atoms. The van der Waals surface area contributed by atoms with Gasteiger partial charge in [-0.3, -0.25) is 9.98 Å². The van der Waals surface area contributed by atoms with E-state index in [9.17, 15) is 8.78 Å². The first-order valence-corrected chi connectivity index (χ1v) is 12.6. The van der Waals surface area contributed by atoms with Crippen molar-refractivity contribution in [3.63, 3.8) is 0 Å². The summed E-state index contributed by atoms with van der Waals surface area (Å²) < 4.78 is 30.1. The minimum atomic E-state index is -0.885. The zero-order chi connectivity index (χ0) is 24.5. The topological polar surface area (TPSA) is 54.6 Å². The third kappa shape index (κ3) is 4.41. The van der Waals surface area contributed by atoms with E-state index < -0.39 is 11.6 Å². The summed E-state index contributed by atoms with van der Waals surface area (Å²) in [6, 6.07) is 16.0. The molecule has 36 heavy (non-hydrogen) atoms. The molecular formula is C29H27F2N5. The molecule has 2 aliphatic carbocycles. The average Bonchev–Trinajstić information content (AvgIpc) is 2.91. The fourth-order valence-corrected chi connectivity index (χ4v) is 5.13. The van der Waals surface area contributed by atoms with Crippen LogP contribution in [0.3, 0.4) is 0 Å². The zero-order valence-electron chi connectivity index (χ0n) is 19.9. The molecule has 1 fully saturated rings. The summed E-state index contributed by atoms with van der Waals surface area (Å²) in [7, 11) is 0. The number of hydrogen-bond donors (Lipinski definition) is 1. The zero-order valence-corrected chi connectivity index (χ0v) is 19.9. The first-order valence-electron chi connectivity index (χ1n) is 12.6. The van der Waals surface area contributed by atoms with Crippen LogP contribution in [0.2, 0.25) is 0 Å². The molecule has 0 amide bonds. The number of nitrogens with one attached hydrogen (secondary N) is 1. The van der Waals surface area contributed by atoms with Crippen LogP contribution in [0.25, 0.3) is 28.1 Å². The van der Waals surface area contributed by atoms with E-state index in [0.717, 1.165) is 70.9 Å². The number of allylic oxidation sites excluding steroid dienone is 1. The highest BCUT2D eigenvalue weighted by atomic mass is 19.2. The van der Waals surface area contributed by atoms with Crippen LogP contribution in [-0.4, -0.2) is 21.8 Å². The second-order valence-corrected chi connectivity index (χ2v) is 9.46. The quantitative estimate of drug-likeness (QED) is 0.326. The van der Waals surface area contributed by atoms with E-state index in [1.165, 1.54) is 25.3 Å². The monoisotopic (exact) mass is 483 g/mol. The van der Waals surface area contributed by atoms with Gasteiger partial charge >= 0.3 is 0 Å². The molecule has 0 atom stereocenters. The Kier molecular flexibility index (Phi) is 6.05. The number of fused-ring (bicyclic) bond motifs is 2. The molecule has 0 radical (unpaired) electrons. The number of hydrogen-bond acceptors (Lipinski definition) is 4. The van der Waals surface area contributed by atoms with E-state index in [1.807, 2.05) is 53.4 Å². The number of anilines is 1. The van der Waals surface area contributed by atoms with Gasteiger partial charge in [-0.25, -0.2) is 13.8 Å². The summed E-state index contributed by atoms with van der Waals surface area (Å²) >= 11 is 0. The third-order valence-corrected chi connectivity index (χ3v) is 6.93. The highest BCUT2D eigenvalue weighted by Crippen LogP contribution is 2.31. The summed E-state index contributed by atoms with van der Waals surface area (Å²) in [6.07, 6.45) is 11.3. The molecule has 2 heterocycles. The fraction of sp³-hybridized carbons (Fsp3) is 0.276. The molecule has 2 aromatic rings. The van der Waals surface area contributed by atoms with Crippen molar-refractivity contribution in [1.82, 2.24) is 9.55 Å². The van der Waals surface area contributed by atoms with Gasteiger partial charge in [-0.2, -0.15) is 0 Å². The highest BCUT2D eigenvalue weighted by molar-refractivity contribution is 5.84. The summed E-state index contributed by atoms with van der Waals surface area (Å²) in [5.74, 6) is -1.76. The van der Waals surface area contributed by atoms with Crippen molar-refractivity contribution in [2.24, 2.45) is 9.98 Å². The summed E-state index contributed by atoms with van der Waals surface area (Å²) in [4.78, 5) is 14.4. The molecule has 2 aliphatic heterocycles. The Hall–Kier alpha value is -3.87. The third-order valence-electron chi connectivity index (χ3n) is 6.93. The molecule has 1 N–H and O–H groups in total. The van der Waals surface area contributed by atoms with Crippen molar-refractivity contribution >= 4 is 22.9 Å². The summed E-state index contributed by atoms with van der Waals surface area (Å²) in [6.45, 7) is 0. The number of para-hydroxylation sites is 2. The SMILES string of the molecule is Fc1ccc(-n2c3c/c(=N\C4CCCCC4)c(NC4=CN=CCC4)cc-3nc3ccccc32)cc1F. The van der Waals surface area contributed by atoms with Crippen LogP contribution >= 0.6 is 0 Å².